The molecule has 0 amide bonds. The number of carbonyl (C=O) groups excluding carboxylic acids is 1. The van der Waals surface area contributed by atoms with Gasteiger partial charge in [-0.25, -0.2) is 0 Å². The zero-order valence-electron chi connectivity index (χ0n) is 10.3. The van der Waals surface area contributed by atoms with Crippen molar-refractivity contribution in [2.75, 3.05) is 21.3 Å². The number of hydrogen-bond donors (Lipinski definition) is 1. The molecule has 1 aromatic carbocycles. The summed E-state index contributed by atoms with van der Waals surface area (Å²) >= 11 is 0. The van der Waals surface area contributed by atoms with E-state index in [0.717, 1.165) is 0 Å². The van der Waals surface area contributed by atoms with Crippen molar-refractivity contribution < 1.29 is 24.2 Å². The second-order valence-electron chi connectivity index (χ2n) is 3.73. The van der Waals surface area contributed by atoms with E-state index in [9.17, 15) is 4.79 Å². The van der Waals surface area contributed by atoms with E-state index in [-0.39, 0.29) is 17.9 Å². The van der Waals surface area contributed by atoms with Crippen LogP contribution in [0, 0.1) is 0 Å². The predicted molar refractivity (Wildman–Crippen MR) is 63.4 cm³/mol. The molecule has 18 heavy (non-hydrogen) atoms. The monoisotopic (exact) mass is 251 g/mol. The molecule has 0 bridgehead atoms. The summed E-state index contributed by atoms with van der Waals surface area (Å²) in [5, 5.41) is 11.8. The van der Waals surface area contributed by atoms with Gasteiger partial charge in [0.2, 0.25) is 11.5 Å². The lowest BCUT2D eigenvalue weighted by atomic mass is 10.1. The molecule has 0 saturated heterocycles. The summed E-state index contributed by atoms with van der Waals surface area (Å²) in [6, 6.07) is 1.69. The minimum Gasteiger partial charge on any atom is -0.493 e. The standard InChI is InChI=1S/C12H13NO5/c1-16-8-5-6-4-7(13-15)10(14)9(6)12(18-3)11(8)17-2/h5,15H,4H2,1-3H3. The fourth-order valence-corrected chi connectivity index (χ4v) is 2.08. The minimum atomic E-state index is -0.356. The van der Waals surface area contributed by atoms with Gasteiger partial charge in [0, 0.05) is 6.42 Å². The van der Waals surface area contributed by atoms with Gasteiger partial charge >= 0.3 is 0 Å². The summed E-state index contributed by atoms with van der Waals surface area (Å²) in [6.45, 7) is 0. The molecule has 0 heterocycles. The molecule has 0 aliphatic heterocycles. The van der Waals surface area contributed by atoms with Gasteiger partial charge in [0.15, 0.2) is 11.5 Å². The maximum atomic E-state index is 12.0. The number of ether oxygens (including phenoxy) is 3. The highest BCUT2D eigenvalue weighted by Crippen LogP contribution is 2.44. The number of oxime groups is 1. The highest BCUT2D eigenvalue weighted by molar-refractivity contribution is 6.50. The van der Waals surface area contributed by atoms with Crippen molar-refractivity contribution in [2.45, 2.75) is 6.42 Å². The molecule has 6 heteroatoms. The van der Waals surface area contributed by atoms with Crippen LogP contribution in [0.2, 0.25) is 0 Å². The van der Waals surface area contributed by atoms with Crippen LogP contribution in [0.3, 0.4) is 0 Å². The molecule has 1 aliphatic carbocycles. The molecule has 0 atom stereocenters. The van der Waals surface area contributed by atoms with E-state index < -0.39 is 0 Å². The molecule has 1 N–H and O–H groups in total. The minimum absolute atomic E-state index is 0.0820. The van der Waals surface area contributed by atoms with Crippen molar-refractivity contribution in [3.05, 3.63) is 17.2 Å². The van der Waals surface area contributed by atoms with Crippen LogP contribution in [0.4, 0.5) is 0 Å². The molecule has 0 radical (unpaired) electrons. The number of methoxy groups -OCH3 is 3. The van der Waals surface area contributed by atoms with Gasteiger partial charge < -0.3 is 19.4 Å². The Morgan fingerprint density at radius 3 is 2.33 bits per heavy atom. The van der Waals surface area contributed by atoms with Crippen molar-refractivity contribution in [3.63, 3.8) is 0 Å². The van der Waals surface area contributed by atoms with E-state index in [2.05, 4.69) is 5.16 Å². The van der Waals surface area contributed by atoms with Gasteiger partial charge in [-0.2, -0.15) is 0 Å². The number of fused-ring (bicyclic) bond motifs is 1. The largest absolute Gasteiger partial charge is 0.493 e. The third-order valence-electron chi connectivity index (χ3n) is 2.88. The predicted octanol–water partition coefficient (Wildman–Crippen LogP) is 1.28. The smallest absolute Gasteiger partial charge is 0.215 e. The van der Waals surface area contributed by atoms with Crippen molar-refractivity contribution >= 4 is 11.5 Å². The normalized spacial score (nSPS) is 15.7. The molecule has 96 valence electrons. The summed E-state index contributed by atoms with van der Waals surface area (Å²) in [7, 11) is 4.41. The molecular weight excluding hydrogens is 238 g/mol. The molecule has 0 aromatic heterocycles. The molecule has 2 rings (SSSR count). The van der Waals surface area contributed by atoms with E-state index in [1.807, 2.05) is 0 Å². The number of hydrogen-bond acceptors (Lipinski definition) is 6. The first-order valence-corrected chi connectivity index (χ1v) is 5.25. The first-order chi connectivity index (χ1) is 8.67. The van der Waals surface area contributed by atoms with Crippen LogP contribution in [-0.4, -0.2) is 38.0 Å². The van der Waals surface area contributed by atoms with Crippen molar-refractivity contribution in [1.82, 2.24) is 0 Å². The van der Waals surface area contributed by atoms with Gasteiger partial charge in [-0.15, -0.1) is 0 Å². The Kier molecular flexibility index (Phi) is 3.10. The first kappa shape index (κ1) is 12.2. The summed E-state index contributed by atoms with van der Waals surface area (Å²) in [6.07, 6.45) is 0.251. The molecule has 0 unspecified atom stereocenters. The average molecular weight is 251 g/mol. The Morgan fingerprint density at radius 2 is 1.83 bits per heavy atom. The lowest BCUT2D eigenvalue weighted by Gasteiger charge is -2.14. The van der Waals surface area contributed by atoms with Crippen LogP contribution in [-0.2, 0) is 6.42 Å². The summed E-state index contributed by atoms with van der Waals surface area (Å²) in [5.41, 5.74) is 1.14. The number of nitrogens with zero attached hydrogens (tertiary/aromatic N) is 1. The maximum absolute atomic E-state index is 12.0. The average Bonchev–Trinajstić information content (AvgIpc) is 2.72. The van der Waals surface area contributed by atoms with Gasteiger partial charge in [-0.05, 0) is 11.6 Å². The fourth-order valence-electron chi connectivity index (χ4n) is 2.08. The van der Waals surface area contributed by atoms with Gasteiger partial charge in [0.05, 0.1) is 26.9 Å². The second kappa shape index (κ2) is 4.56. The Labute approximate surface area is 104 Å². The number of benzene rings is 1. The highest BCUT2D eigenvalue weighted by Gasteiger charge is 2.34. The topological polar surface area (TPSA) is 77.4 Å². The van der Waals surface area contributed by atoms with Crippen LogP contribution in [0.1, 0.15) is 15.9 Å². The van der Waals surface area contributed by atoms with Crippen LogP contribution in [0.5, 0.6) is 17.2 Å². The SMILES string of the molecule is COc1cc2c(c(OC)c1OC)C(=O)C(=NO)C2. The Hall–Kier alpha value is -2.24. The Morgan fingerprint density at radius 1 is 1.17 bits per heavy atom. The molecule has 0 spiro atoms. The molecule has 0 saturated carbocycles. The molecular formula is C12H13NO5. The van der Waals surface area contributed by atoms with Crippen molar-refractivity contribution in [2.24, 2.45) is 5.16 Å². The number of rotatable bonds is 3. The van der Waals surface area contributed by atoms with Crippen LogP contribution in [0.15, 0.2) is 11.2 Å². The van der Waals surface area contributed by atoms with E-state index >= 15 is 0 Å². The maximum Gasteiger partial charge on any atom is 0.215 e. The second-order valence-corrected chi connectivity index (χ2v) is 3.73. The van der Waals surface area contributed by atoms with Gasteiger partial charge in [-0.3, -0.25) is 4.79 Å². The third-order valence-corrected chi connectivity index (χ3v) is 2.88. The van der Waals surface area contributed by atoms with E-state index in [4.69, 9.17) is 19.4 Å². The number of carbonyl (C=O) groups is 1. The van der Waals surface area contributed by atoms with Gasteiger partial charge in [-0.1, -0.05) is 5.16 Å². The van der Waals surface area contributed by atoms with E-state index in [0.29, 0.717) is 28.4 Å². The van der Waals surface area contributed by atoms with E-state index in [1.54, 1.807) is 6.07 Å². The molecule has 1 aliphatic rings. The van der Waals surface area contributed by atoms with Crippen LogP contribution < -0.4 is 14.2 Å². The fraction of sp³-hybridized carbons (Fsp3) is 0.333. The lowest BCUT2D eigenvalue weighted by molar-refractivity contribution is 0.106. The molecule has 1 aromatic rings. The number of ketones is 1. The van der Waals surface area contributed by atoms with Crippen LogP contribution in [0.25, 0.3) is 0 Å². The molecule has 6 nitrogen and oxygen atoms in total. The van der Waals surface area contributed by atoms with E-state index in [1.165, 1.54) is 21.3 Å². The number of Topliss-reactive ketones (excluding diaryl/α,β-unsaturated/α-hetero) is 1. The zero-order chi connectivity index (χ0) is 13.3. The Balaban J connectivity index is 2.72. The Bertz CT molecular complexity index is 536. The lowest BCUT2D eigenvalue weighted by Crippen LogP contribution is -2.08. The summed E-state index contributed by atoms with van der Waals surface area (Å²) in [4.78, 5) is 12.0. The van der Waals surface area contributed by atoms with Gasteiger partial charge in [0.1, 0.15) is 5.71 Å². The van der Waals surface area contributed by atoms with Crippen molar-refractivity contribution in [1.29, 1.82) is 0 Å². The summed E-state index contributed by atoms with van der Waals surface area (Å²) < 4.78 is 15.6. The zero-order valence-corrected chi connectivity index (χ0v) is 10.3. The highest BCUT2D eigenvalue weighted by atomic mass is 16.5. The first-order valence-electron chi connectivity index (χ1n) is 5.25. The third kappa shape index (κ3) is 1.57. The summed E-state index contributed by atoms with van der Waals surface area (Å²) in [5.74, 6) is 0.771. The quantitative estimate of drug-likeness (QED) is 0.646. The van der Waals surface area contributed by atoms with Gasteiger partial charge in [0.25, 0.3) is 0 Å². The van der Waals surface area contributed by atoms with Crippen LogP contribution >= 0.6 is 0 Å². The van der Waals surface area contributed by atoms with Crippen molar-refractivity contribution in [3.8, 4) is 17.2 Å². The molecule has 0 fully saturated rings.